The SMILES string of the molecule is Cc1cc(C(C)C)c(-n2c(-c3[c-]cccc3)nc3ccccc32)c(C(C)C)c1.[2H]C([2H])([2H])c1cnc(-c2[c-]ccc3c2sc2cc4c(ccc5ccccc54)cc23)cc1C([2H])([2H])[2H].[Ir]. The van der Waals surface area contributed by atoms with Crippen molar-refractivity contribution in [2.75, 3.05) is 0 Å². The van der Waals surface area contributed by atoms with Crippen LogP contribution < -0.4 is 0 Å². The average Bonchev–Trinajstić information content (AvgIpc) is 3.83. The molecule has 3 aromatic heterocycles. The summed E-state index contributed by atoms with van der Waals surface area (Å²) in [5.41, 5.74) is 9.11. The summed E-state index contributed by atoms with van der Waals surface area (Å²) < 4.78 is 51.3. The molecule has 0 saturated carbocycles. The quantitative estimate of drug-likeness (QED) is 0.127. The van der Waals surface area contributed by atoms with Gasteiger partial charge in [0.05, 0.1) is 16.9 Å². The molecular weight excluding hydrogens is 903 g/mol. The van der Waals surface area contributed by atoms with Crippen LogP contribution in [0.2, 0.25) is 0 Å². The zero-order valence-electron chi connectivity index (χ0n) is 38.9. The van der Waals surface area contributed by atoms with Crippen molar-refractivity contribution < 1.29 is 28.3 Å². The van der Waals surface area contributed by atoms with E-state index in [1.165, 1.54) is 50.8 Å². The number of benzene rings is 7. The van der Waals surface area contributed by atoms with Crippen LogP contribution in [0.15, 0.2) is 134 Å². The predicted molar refractivity (Wildman–Crippen MR) is 244 cm³/mol. The first-order valence-corrected chi connectivity index (χ1v) is 20.2. The maximum absolute atomic E-state index is 7.90. The molecule has 3 heterocycles. The van der Waals surface area contributed by atoms with Crippen molar-refractivity contribution in [1.82, 2.24) is 14.5 Å². The number of pyridine rings is 1. The molecule has 0 aliphatic carbocycles. The predicted octanol–water partition coefficient (Wildman–Crippen LogP) is 14.9. The number of aryl methyl sites for hydroxylation is 3. The minimum absolute atomic E-state index is 0. The molecule has 0 amide bonds. The smallest absolute Gasteiger partial charge is 0.0774 e. The van der Waals surface area contributed by atoms with Gasteiger partial charge in [-0.05, 0) is 111 Å². The van der Waals surface area contributed by atoms with Crippen molar-refractivity contribution in [3.8, 4) is 28.3 Å². The summed E-state index contributed by atoms with van der Waals surface area (Å²) in [7, 11) is 0. The molecule has 0 aliphatic rings. The van der Waals surface area contributed by atoms with Crippen LogP contribution in [0.1, 0.15) is 75.6 Å². The number of hydrogen-bond donors (Lipinski definition) is 0. The van der Waals surface area contributed by atoms with E-state index in [9.17, 15) is 0 Å². The maximum atomic E-state index is 7.90. The normalized spacial score (nSPS) is 13.5. The van der Waals surface area contributed by atoms with Crippen LogP contribution in [-0.2, 0) is 20.1 Å². The molecule has 0 aliphatic heterocycles. The number of nitrogens with zero attached hydrogens (tertiary/aromatic N) is 3. The molecule has 1 radical (unpaired) electrons. The van der Waals surface area contributed by atoms with Gasteiger partial charge in [-0.3, -0.25) is 4.98 Å². The summed E-state index contributed by atoms with van der Waals surface area (Å²) in [6.45, 7) is 6.15. The molecule has 0 atom stereocenters. The van der Waals surface area contributed by atoms with E-state index in [4.69, 9.17) is 13.2 Å². The van der Waals surface area contributed by atoms with E-state index in [0.29, 0.717) is 23.1 Å². The zero-order valence-corrected chi connectivity index (χ0v) is 36.2. The first kappa shape index (κ1) is 32.5. The standard InChI is InChI=1S/C27H18NS.C26H27N2.Ir/c1-16-12-25(28-15-17(16)2)22-9-5-8-21-24-13-19-11-10-18-6-3-4-7-20(18)23(19)14-26(24)29-27(21)22;1-17(2)21-15-19(5)16-22(18(3)4)25(21)28-24-14-10-9-13-23(24)27-26(28)20-11-7-6-8-12-20;/h3-8,10-15H,1-2H3;6-11,13-18H,1-5H3;/q2*-1;/i1D3,2D3;;. The third-order valence-electron chi connectivity index (χ3n) is 10.7. The molecule has 0 N–H and O–H groups in total. The Bertz CT molecular complexity index is 3320. The van der Waals surface area contributed by atoms with E-state index in [2.05, 4.69) is 141 Å². The van der Waals surface area contributed by atoms with Gasteiger partial charge in [0.25, 0.3) is 0 Å². The van der Waals surface area contributed by atoms with Crippen molar-refractivity contribution in [3.63, 3.8) is 0 Å². The fourth-order valence-corrected chi connectivity index (χ4v) is 9.19. The van der Waals surface area contributed by atoms with Crippen molar-refractivity contribution in [1.29, 1.82) is 0 Å². The van der Waals surface area contributed by atoms with Gasteiger partial charge in [0.1, 0.15) is 0 Å². The van der Waals surface area contributed by atoms with Crippen LogP contribution in [0.25, 0.3) is 81.1 Å². The van der Waals surface area contributed by atoms with Gasteiger partial charge < -0.3 is 9.55 Å². The number of hydrogen-bond acceptors (Lipinski definition) is 3. The molecular formula is C53H45IrN3S-2. The minimum Gasteiger partial charge on any atom is -0.333 e. The molecule has 5 heteroatoms. The summed E-state index contributed by atoms with van der Waals surface area (Å²) in [6.07, 6.45) is 1.17. The minimum atomic E-state index is -2.58. The largest absolute Gasteiger partial charge is 0.333 e. The zero-order chi connectivity index (χ0) is 44.4. The van der Waals surface area contributed by atoms with E-state index in [-0.39, 0.29) is 31.2 Å². The molecule has 58 heavy (non-hydrogen) atoms. The van der Waals surface area contributed by atoms with Crippen LogP contribution in [0, 0.1) is 32.8 Å². The van der Waals surface area contributed by atoms with Crippen molar-refractivity contribution in [2.45, 2.75) is 60.2 Å². The second-order valence-electron chi connectivity index (χ2n) is 15.3. The molecule has 3 nitrogen and oxygen atoms in total. The van der Waals surface area contributed by atoms with E-state index in [0.717, 1.165) is 48.0 Å². The number of para-hydroxylation sites is 2. The Labute approximate surface area is 367 Å². The monoisotopic (exact) mass is 954 g/mol. The summed E-state index contributed by atoms with van der Waals surface area (Å²) >= 11 is 1.61. The third kappa shape index (κ3) is 7.06. The topological polar surface area (TPSA) is 30.7 Å². The fraction of sp³-hybridized carbons (Fsp3) is 0.170. The summed E-state index contributed by atoms with van der Waals surface area (Å²) in [6, 6.07) is 50.0. The molecule has 0 saturated heterocycles. The maximum Gasteiger partial charge on any atom is 0.0774 e. The van der Waals surface area contributed by atoms with Gasteiger partial charge in [-0.15, -0.1) is 59.7 Å². The van der Waals surface area contributed by atoms with Gasteiger partial charge in [-0.1, -0.05) is 111 Å². The average molecular weight is 954 g/mol. The van der Waals surface area contributed by atoms with Gasteiger partial charge in [0.2, 0.25) is 0 Å². The summed E-state index contributed by atoms with van der Waals surface area (Å²) in [5.74, 6) is 1.79. The third-order valence-corrected chi connectivity index (χ3v) is 11.9. The Morgan fingerprint density at radius 2 is 1.41 bits per heavy atom. The molecule has 289 valence electrons. The van der Waals surface area contributed by atoms with E-state index in [1.807, 2.05) is 36.4 Å². The van der Waals surface area contributed by atoms with Crippen LogP contribution in [0.5, 0.6) is 0 Å². The molecule has 7 aromatic carbocycles. The van der Waals surface area contributed by atoms with Crippen LogP contribution in [0.3, 0.4) is 0 Å². The van der Waals surface area contributed by atoms with Gasteiger partial charge in [-0.25, -0.2) is 0 Å². The second-order valence-corrected chi connectivity index (χ2v) is 16.4. The van der Waals surface area contributed by atoms with Crippen molar-refractivity contribution in [2.24, 2.45) is 0 Å². The number of aromatic nitrogens is 3. The summed E-state index contributed by atoms with van der Waals surface area (Å²) in [5, 5.41) is 6.85. The Morgan fingerprint density at radius 3 is 2.17 bits per heavy atom. The first-order valence-electron chi connectivity index (χ1n) is 22.4. The number of imidazole rings is 1. The molecule has 0 fully saturated rings. The van der Waals surface area contributed by atoms with Gasteiger partial charge >= 0.3 is 0 Å². The molecule has 10 aromatic rings. The molecule has 0 bridgehead atoms. The first-order chi connectivity index (χ1) is 30.1. The second kappa shape index (κ2) is 16.1. The number of rotatable bonds is 5. The summed E-state index contributed by atoms with van der Waals surface area (Å²) in [4.78, 5) is 9.39. The van der Waals surface area contributed by atoms with Crippen LogP contribution in [-0.4, -0.2) is 14.5 Å². The number of thiophene rings is 1. The fourth-order valence-electron chi connectivity index (χ4n) is 7.96. The van der Waals surface area contributed by atoms with Gasteiger partial charge in [0, 0.05) is 44.9 Å². The van der Waals surface area contributed by atoms with E-state index in [1.54, 1.807) is 11.3 Å². The number of fused-ring (bicyclic) bond motifs is 7. The molecule has 0 unspecified atom stereocenters. The molecule has 0 spiro atoms. The Balaban J connectivity index is 0.000000177. The Morgan fingerprint density at radius 1 is 0.672 bits per heavy atom. The van der Waals surface area contributed by atoms with Crippen molar-refractivity contribution >= 4 is 64.1 Å². The van der Waals surface area contributed by atoms with Gasteiger partial charge in [0.15, 0.2) is 0 Å². The Kier molecular flexibility index (Phi) is 9.00. The van der Waals surface area contributed by atoms with E-state index >= 15 is 0 Å². The van der Waals surface area contributed by atoms with Crippen LogP contribution >= 0.6 is 11.3 Å². The molecule has 10 rings (SSSR count). The van der Waals surface area contributed by atoms with E-state index < -0.39 is 13.7 Å². The van der Waals surface area contributed by atoms with Crippen LogP contribution in [0.4, 0.5) is 0 Å². The van der Waals surface area contributed by atoms with Crippen molar-refractivity contribution in [3.05, 3.63) is 174 Å². The van der Waals surface area contributed by atoms with Gasteiger partial charge in [-0.2, -0.15) is 11.3 Å². The Hall–Kier alpha value is -5.45.